The number of H-pyrrole nitrogens is 1. The molecular weight excluding hydrogens is 232 g/mol. The number of hydrogen-bond donors (Lipinski definition) is 3. The van der Waals surface area contributed by atoms with Crippen LogP contribution in [0.3, 0.4) is 0 Å². The van der Waals surface area contributed by atoms with E-state index in [9.17, 15) is 4.79 Å². The Morgan fingerprint density at radius 3 is 2.72 bits per heavy atom. The molecule has 1 heterocycles. The Labute approximate surface area is 104 Å². The average molecular weight is 246 g/mol. The lowest BCUT2D eigenvalue weighted by Crippen LogP contribution is -2.10. The average Bonchev–Trinajstić information content (AvgIpc) is 2.88. The van der Waals surface area contributed by atoms with Gasteiger partial charge in [0.2, 0.25) is 0 Å². The number of nitrogens with two attached hydrogens (primary N) is 1. The SMILES string of the molecule is COC(=O)Nc1ccc(-c2c[nH]c(CN)n2)cc1. The number of amides is 1. The van der Waals surface area contributed by atoms with E-state index in [1.807, 2.05) is 12.1 Å². The van der Waals surface area contributed by atoms with Crippen LogP contribution in [0, 0.1) is 0 Å². The Kier molecular flexibility index (Phi) is 3.59. The summed E-state index contributed by atoms with van der Waals surface area (Å²) in [6.45, 7) is 0.377. The van der Waals surface area contributed by atoms with Crippen LogP contribution in [0.1, 0.15) is 5.82 Å². The van der Waals surface area contributed by atoms with E-state index >= 15 is 0 Å². The monoisotopic (exact) mass is 246 g/mol. The van der Waals surface area contributed by atoms with E-state index in [0.717, 1.165) is 17.1 Å². The van der Waals surface area contributed by atoms with E-state index < -0.39 is 6.09 Å². The van der Waals surface area contributed by atoms with Crippen molar-refractivity contribution in [2.45, 2.75) is 6.54 Å². The van der Waals surface area contributed by atoms with Crippen molar-refractivity contribution in [3.8, 4) is 11.3 Å². The van der Waals surface area contributed by atoms with E-state index in [2.05, 4.69) is 20.0 Å². The number of methoxy groups -OCH3 is 1. The Bertz CT molecular complexity index is 533. The van der Waals surface area contributed by atoms with E-state index in [4.69, 9.17) is 5.73 Å². The molecule has 0 spiro atoms. The molecule has 2 aromatic rings. The third-order valence-electron chi connectivity index (χ3n) is 2.44. The molecule has 18 heavy (non-hydrogen) atoms. The molecule has 94 valence electrons. The van der Waals surface area contributed by atoms with Crippen molar-refractivity contribution >= 4 is 11.8 Å². The third kappa shape index (κ3) is 2.67. The highest BCUT2D eigenvalue weighted by Gasteiger charge is 2.04. The molecule has 1 amide bonds. The molecule has 2 rings (SSSR count). The van der Waals surface area contributed by atoms with Gasteiger partial charge in [0.1, 0.15) is 5.82 Å². The van der Waals surface area contributed by atoms with Crippen LogP contribution in [0.5, 0.6) is 0 Å². The van der Waals surface area contributed by atoms with Gasteiger partial charge in [0.15, 0.2) is 0 Å². The molecule has 4 N–H and O–H groups in total. The number of aromatic amines is 1. The van der Waals surface area contributed by atoms with Crippen LogP contribution in [0.2, 0.25) is 0 Å². The maximum Gasteiger partial charge on any atom is 0.411 e. The molecule has 0 fully saturated rings. The van der Waals surface area contributed by atoms with Crippen LogP contribution in [-0.4, -0.2) is 23.2 Å². The molecule has 0 saturated heterocycles. The van der Waals surface area contributed by atoms with Gasteiger partial charge in [-0.05, 0) is 12.1 Å². The van der Waals surface area contributed by atoms with Crippen molar-refractivity contribution < 1.29 is 9.53 Å². The lowest BCUT2D eigenvalue weighted by molar-refractivity contribution is 0.187. The molecule has 6 heteroatoms. The first kappa shape index (κ1) is 12.1. The number of rotatable bonds is 3. The van der Waals surface area contributed by atoms with Gasteiger partial charge in [0.05, 0.1) is 19.3 Å². The summed E-state index contributed by atoms with van der Waals surface area (Å²) in [6.07, 6.45) is 1.30. The van der Waals surface area contributed by atoms with Gasteiger partial charge in [-0.3, -0.25) is 5.32 Å². The zero-order valence-electron chi connectivity index (χ0n) is 9.93. The van der Waals surface area contributed by atoms with Crippen molar-refractivity contribution in [1.29, 1.82) is 0 Å². The number of hydrogen-bond acceptors (Lipinski definition) is 4. The summed E-state index contributed by atoms with van der Waals surface area (Å²) in [6, 6.07) is 7.29. The van der Waals surface area contributed by atoms with Gasteiger partial charge in [0.25, 0.3) is 0 Å². The summed E-state index contributed by atoms with van der Waals surface area (Å²) in [5.41, 5.74) is 7.91. The second-order valence-electron chi connectivity index (χ2n) is 3.63. The first-order valence-electron chi connectivity index (χ1n) is 5.42. The van der Waals surface area contributed by atoms with Gasteiger partial charge in [0, 0.05) is 17.4 Å². The minimum Gasteiger partial charge on any atom is -0.453 e. The van der Waals surface area contributed by atoms with Crippen molar-refractivity contribution in [2.24, 2.45) is 5.73 Å². The van der Waals surface area contributed by atoms with Crippen molar-refractivity contribution in [1.82, 2.24) is 9.97 Å². The number of ether oxygens (including phenoxy) is 1. The Hall–Kier alpha value is -2.34. The van der Waals surface area contributed by atoms with Crippen molar-refractivity contribution in [2.75, 3.05) is 12.4 Å². The zero-order valence-corrected chi connectivity index (χ0v) is 9.93. The summed E-state index contributed by atoms with van der Waals surface area (Å²) in [5, 5.41) is 2.58. The molecule has 6 nitrogen and oxygen atoms in total. The molecule has 0 aliphatic rings. The van der Waals surface area contributed by atoms with E-state index in [-0.39, 0.29) is 0 Å². The van der Waals surface area contributed by atoms with Crippen molar-refractivity contribution in [3.63, 3.8) is 0 Å². The fourth-order valence-corrected chi connectivity index (χ4v) is 1.51. The summed E-state index contributed by atoms with van der Waals surface area (Å²) in [4.78, 5) is 18.3. The maximum atomic E-state index is 11.0. The topological polar surface area (TPSA) is 93.0 Å². The maximum absolute atomic E-state index is 11.0. The fourth-order valence-electron chi connectivity index (χ4n) is 1.51. The second-order valence-corrected chi connectivity index (χ2v) is 3.63. The minimum absolute atomic E-state index is 0.377. The highest BCUT2D eigenvalue weighted by molar-refractivity contribution is 5.84. The normalized spacial score (nSPS) is 10.1. The number of benzene rings is 1. The molecular formula is C12H14N4O2. The predicted molar refractivity (Wildman–Crippen MR) is 67.9 cm³/mol. The number of aromatic nitrogens is 2. The smallest absolute Gasteiger partial charge is 0.411 e. The Balaban J connectivity index is 2.14. The lowest BCUT2D eigenvalue weighted by Gasteiger charge is -2.03. The molecule has 0 atom stereocenters. The summed E-state index contributed by atoms with van der Waals surface area (Å²) in [7, 11) is 1.32. The summed E-state index contributed by atoms with van der Waals surface area (Å²) < 4.78 is 4.51. The minimum atomic E-state index is -0.493. The number of carbonyl (C=O) groups is 1. The number of carbonyl (C=O) groups excluding carboxylic acids is 1. The van der Waals surface area contributed by atoms with Crippen LogP contribution < -0.4 is 11.1 Å². The highest BCUT2D eigenvalue weighted by Crippen LogP contribution is 2.19. The van der Waals surface area contributed by atoms with Crippen molar-refractivity contribution in [3.05, 3.63) is 36.3 Å². The highest BCUT2D eigenvalue weighted by atomic mass is 16.5. The molecule has 0 bridgehead atoms. The summed E-state index contributed by atoms with van der Waals surface area (Å²) in [5.74, 6) is 0.738. The van der Waals surface area contributed by atoms with Crippen LogP contribution >= 0.6 is 0 Å². The molecule has 0 radical (unpaired) electrons. The molecule has 0 unspecified atom stereocenters. The van der Waals surface area contributed by atoms with Gasteiger partial charge in [-0.15, -0.1) is 0 Å². The first-order chi connectivity index (χ1) is 8.72. The number of nitrogens with zero attached hydrogens (tertiary/aromatic N) is 1. The third-order valence-corrected chi connectivity index (χ3v) is 2.44. The zero-order chi connectivity index (χ0) is 13.0. The molecule has 0 aliphatic heterocycles. The predicted octanol–water partition coefficient (Wildman–Crippen LogP) is 1.71. The second kappa shape index (κ2) is 5.33. The van der Waals surface area contributed by atoms with Gasteiger partial charge < -0.3 is 15.5 Å². The quantitative estimate of drug-likeness (QED) is 0.768. The molecule has 1 aromatic heterocycles. The molecule has 0 saturated carbocycles. The van der Waals surface area contributed by atoms with Crippen LogP contribution in [0.4, 0.5) is 10.5 Å². The van der Waals surface area contributed by atoms with Gasteiger partial charge >= 0.3 is 6.09 Å². The van der Waals surface area contributed by atoms with E-state index in [0.29, 0.717) is 12.2 Å². The van der Waals surface area contributed by atoms with Crippen LogP contribution in [-0.2, 0) is 11.3 Å². The van der Waals surface area contributed by atoms with Gasteiger partial charge in [-0.25, -0.2) is 9.78 Å². The van der Waals surface area contributed by atoms with Gasteiger partial charge in [-0.1, -0.05) is 12.1 Å². The standard InChI is InChI=1S/C12H14N4O2/c1-18-12(17)15-9-4-2-8(3-5-9)10-7-14-11(6-13)16-10/h2-5,7H,6,13H2,1H3,(H,14,16)(H,15,17). The Morgan fingerprint density at radius 2 is 2.17 bits per heavy atom. The van der Waals surface area contributed by atoms with Crippen LogP contribution in [0.25, 0.3) is 11.3 Å². The largest absolute Gasteiger partial charge is 0.453 e. The lowest BCUT2D eigenvalue weighted by atomic mass is 10.1. The number of anilines is 1. The van der Waals surface area contributed by atoms with Gasteiger partial charge in [-0.2, -0.15) is 0 Å². The first-order valence-corrected chi connectivity index (χ1v) is 5.42. The molecule has 1 aromatic carbocycles. The van der Waals surface area contributed by atoms with Crippen LogP contribution in [0.15, 0.2) is 30.5 Å². The summed E-state index contributed by atoms with van der Waals surface area (Å²) >= 11 is 0. The molecule has 0 aliphatic carbocycles. The number of imidazole rings is 1. The fraction of sp³-hybridized carbons (Fsp3) is 0.167. The van der Waals surface area contributed by atoms with E-state index in [1.54, 1.807) is 18.3 Å². The Morgan fingerprint density at radius 1 is 1.44 bits per heavy atom. The van der Waals surface area contributed by atoms with E-state index in [1.165, 1.54) is 7.11 Å². The number of nitrogens with one attached hydrogen (secondary N) is 2.